The Labute approximate surface area is 183 Å². The highest BCUT2D eigenvalue weighted by Crippen LogP contribution is 2.27. The van der Waals surface area contributed by atoms with E-state index in [9.17, 15) is 4.79 Å². The number of unbranched alkanes of at least 4 members (excludes halogenated alkanes) is 1. The summed E-state index contributed by atoms with van der Waals surface area (Å²) < 4.78 is 1.79. The molecule has 0 bridgehead atoms. The summed E-state index contributed by atoms with van der Waals surface area (Å²) in [5, 5.41) is 8.95. The van der Waals surface area contributed by atoms with Crippen LogP contribution >= 0.6 is 23.2 Å². The molecule has 1 saturated heterocycles. The first-order chi connectivity index (χ1) is 13.9. The molecule has 0 radical (unpaired) electrons. The van der Waals surface area contributed by atoms with Crippen LogP contribution in [-0.4, -0.2) is 46.3 Å². The summed E-state index contributed by atoms with van der Waals surface area (Å²) in [7, 11) is 0. The molecule has 3 rings (SSSR count). The van der Waals surface area contributed by atoms with Gasteiger partial charge in [-0.15, -0.1) is 0 Å². The molecule has 1 amide bonds. The first-order valence-electron chi connectivity index (χ1n) is 10.4. The number of piperidine rings is 1. The summed E-state index contributed by atoms with van der Waals surface area (Å²) in [5.41, 5.74) is 3.49. The van der Waals surface area contributed by atoms with Gasteiger partial charge >= 0.3 is 0 Å². The Kier molecular flexibility index (Phi) is 7.60. The number of benzene rings is 1. The number of hydrogen-bond acceptors (Lipinski definition) is 3. The van der Waals surface area contributed by atoms with Gasteiger partial charge in [-0.05, 0) is 57.9 Å². The molecule has 2 aromatic rings. The number of amides is 1. The fraction of sp³-hybridized carbons (Fsp3) is 0.545. The van der Waals surface area contributed by atoms with E-state index in [0.717, 1.165) is 48.6 Å². The minimum absolute atomic E-state index is 0.0601. The van der Waals surface area contributed by atoms with E-state index in [-0.39, 0.29) is 11.9 Å². The molecule has 1 N–H and O–H groups in total. The summed E-state index contributed by atoms with van der Waals surface area (Å²) in [6, 6.07) is 5.61. The lowest BCUT2D eigenvalue weighted by atomic mass is 10.0. The number of halogens is 2. The predicted octanol–water partition coefficient (Wildman–Crippen LogP) is 4.72. The molecule has 0 spiro atoms. The van der Waals surface area contributed by atoms with Crippen molar-refractivity contribution >= 4 is 29.1 Å². The molecule has 7 heteroatoms. The lowest BCUT2D eigenvalue weighted by Crippen LogP contribution is -2.45. The van der Waals surface area contributed by atoms with Crippen LogP contribution in [0, 0.1) is 13.8 Å². The maximum Gasteiger partial charge on any atom is 0.224 e. The van der Waals surface area contributed by atoms with Crippen LogP contribution in [0.2, 0.25) is 10.0 Å². The molecule has 0 aliphatic carbocycles. The Morgan fingerprint density at radius 3 is 2.62 bits per heavy atom. The van der Waals surface area contributed by atoms with Crippen LogP contribution in [0.1, 0.15) is 49.6 Å². The second-order valence-electron chi connectivity index (χ2n) is 7.87. The smallest absolute Gasteiger partial charge is 0.224 e. The van der Waals surface area contributed by atoms with Gasteiger partial charge < -0.3 is 10.2 Å². The molecular weight excluding hydrogens is 407 g/mol. The van der Waals surface area contributed by atoms with Crippen molar-refractivity contribution in [1.82, 2.24) is 20.0 Å². The number of carbonyl (C=O) groups is 1. The van der Waals surface area contributed by atoms with Gasteiger partial charge in [0.15, 0.2) is 0 Å². The van der Waals surface area contributed by atoms with Crippen molar-refractivity contribution in [2.45, 2.75) is 58.9 Å². The SMILES string of the molecule is CCCCN1CCC(NC(=O)Cc2c(C)nn(-c3ccc(Cl)cc3Cl)c2C)CC1. The lowest BCUT2D eigenvalue weighted by Gasteiger charge is -2.32. The van der Waals surface area contributed by atoms with Crippen molar-refractivity contribution in [2.75, 3.05) is 19.6 Å². The summed E-state index contributed by atoms with van der Waals surface area (Å²) >= 11 is 12.4. The molecule has 2 heterocycles. The molecule has 1 aliphatic rings. The van der Waals surface area contributed by atoms with E-state index in [0.29, 0.717) is 16.5 Å². The van der Waals surface area contributed by atoms with Crippen molar-refractivity contribution in [3.05, 3.63) is 45.2 Å². The maximum absolute atomic E-state index is 12.7. The highest BCUT2D eigenvalue weighted by molar-refractivity contribution is 6.35. The number of carbonyl (C=O) groups excluding carboxylic acids is 1. The summed E-state index contributed by atoms with van der Waals surface area (Å²) in [6.45, 7) is 9.43. The number of aromatic nitrogens is 2. The number of likely N-dealkylation sites (tertiary alicyclic amines) is 1. The quantitative estimate of drug-likeness (QED) is 0.682. The monoisotopic (exact) mass is 436 g/mol. The van der Waals surface area contributed by atoms with E-state index in [2.05, 4.69) is 22.2 Å². The minimum atomic E-state index is 0.0601. The Balaban J connectivity index is 1.62. The summed E-state index contributed by atoms with van der Waals surface area (Å²) in [6.07, 6.45) is 4.85. The van der Waals surface area contributed by atoms with Crippen LogP contribution in [0.3, 0.4) is 0 Å². The average molecular weight is 437 g/mol. The van der Waals surface area contributed by atoms with Gasteiger partial charge in [0.25, 0.3) is 0 Å². The van der Waals surface area contributed by atoms with Crippen LogP contribution in [0.25, 0.3) is 5.69 Å². The Morgan fingerprint density at radius 1 is 1.24 bits per heavy atom. The zero-order valence-electron chi connectivity index (χ0n) is 17.5. The third-order valence-electron chi connectivity index (χ3n) is 5.70. The normalized spacial score (nSPS) is 15.6. The molecule has 29 heavy (non-hydrogen) atoms. The summed E-state index contributed by atoms with van der Waals surface area (Å²) in [5.74, 6) is 0.0601. The highest BCUT2D eigenvalue weighted by Gasteiger charge is 2.22. The molecule has 0 atom stereocenters. The number of nitrogens with zero attached hydrogens (tertiary/aromatic N) is 3. The van der Waals surface area contributed by atoms with Crippen LogP contribution < -0.4 is 5.32 Å². The fourth-order valence-corrected chi connectivity index (χ4v) is 4.43. The molecule has 5 nitrogen and oxygen atoms in total. The lowest BCUT2D eigenvalue weighted by molar-refractivity contribution is -0.121. The minimum Gasteiger partial charge on any atom is -0.353 e. The van der Waals surface area contributed by atoms with Crippen molar-refractivity contribution in [3.8, 4) is 5.69 Å². The van der Waals surface area contributed by atoms with E-state index < -0.39 is 0 Å². The van der Waals surface area contributed by atoms with Crippen LogP contribution in [-0.2, 0) is 11.2 Å². The van der Waals surface area contributed by atoms with Gasteiger partial charge in [0.2, 0.25) is 5.91 Å². The molecule has 0 saturated carbocycles. The zero-order valence-corrected chi connectivity index (χ0v) is 19.0. The third kappa shape index (κ3) is 5.53. The van der Waals surface area contributed by atoms with Crippen molar-refractivity contribution < 1.29 is 4.79 Å². The predicted molar refractivity (Wildman–Crippen MR) is 119 cm³/mol. The van der Waals surface area contributed by atoms with Crippen LogP contribution in [0.4, 0.5) is 0 Å². The molecule has 158 valence electrons. The first-order valence-corrected chi connectivity index (χ1v) is 11.2. The van der Waals surface area contributed by atoms with Crippen LogP contribution in [0.5, 0.6) is 0 Å². The standard InChI is InChI=1S/C22H30Cl2N4O/c1-4-5-10-27-11-8-18(9-12-27)25-22(29)14-19-15(2)26-28(16(19)3)21-7-6-17(23)13-20(21)24/h6-7,13,18H,4-5,8-12,14H2,1-3H3,(H,25,29). The van der Waals surface area contributed by atoms with Gasteiger partial charge in [-0.3, -0.25) is 4.79 Å². The van der Waals surface area contributed by atoms with Crippen molar-refractivity contribution in [2.24, 2.45) is 0 Å². The second-order valence-corrected chi connectivity index (χ2v) is 8.71. The van der Waals surface area contributed by atoms with Gasteiger partial charge in [0.1, 0.15) is 0 Å². The topological polar surface area (TPSA) is 50.2 Å². The van der Waals surface area contributed by atoms with Gasteiger partial charge in [0, 0.05) is 35.4 Å². The summed E-state index contributed by atoms with van der Waals surface area (Å²) in [4.78, 5) is 15.2. The Hall–Kier alpha value is -1.56. The number of aryl methyl sites for hydroxylation is 1. The highest BCUT2D eigenvalue weighted by atomic mass is 35.5. The molecule has 1 fully saturated rings. The van der Waals surface area contributed by atoms with Gasteiger partial charge in [-0.25, -0.2) is 4.68 Å². The number of nitrogens with one attached hydrogen (secondary N) is 1. The van der Waals surface area contributed by atoms with E-state index >= 15 is 0 Å². The largest absolute Gasteiger partial charge is 0.353 e. The number of hydrogen-bond donors (Lipinski definition) is 1. The maximum atomic E-state index is 12.7. The van der Waals surface area contributed by atoms with E-state index in [1.807, 2.05) is 19.9 Å². The van der Waals surface area contributed by atoms with E-state index in [4.69, 9.17) is 23.2 Å². The average Bonchev–Trinajstić information content (AvgIpc) is 2.95. The molecule has 1 aromatic heterocycles. The molecule has 1 aromatic carbocycles. The van der Waals surface area contributed by atoms with Crippen molar-refractivity contribution in [3.63, 3.8) is 0 Å². The second kappa shape index (κ2) is 9.96. The van der Waals surface area contributed by atoms with Gasteiger partial charge in [-0.1, -0.05) is 36.5 Å². The Bertz CT molecular complexity index is 857. The van der Waals surface area contributed by atoms with E-state index in [1.165, 1.54) is 19.4 Å². The van der Waals surface area contributed by atoms with Gasteiger partial charge in [-0.2, -0.15) is 5.10 Å². The molecular formula is C22H30Cl2N4O. The number of rotatable bonds is 7. The molecule has 0 unspecified atom stereocenters. The zero-order chi connectivity index (χ0) is 21.0. The third-order valence-corrected chi connectivity index (χ3v) is 6.23. The van der Waals surface area contributed by atoms with Crippen LogP contribution in [0.15, 0.2) is 18.2 Å². The van der Waals surface area contributed by atoms with E-state index in [1.54, 1.807) is 16.8 Å². The fourth-order valence-electron chi connectivity index (χ4n) is 3.94. The molecule has 1 aliphatic heterocycles. The Morgan fingerprint density at radius 2 is 1.97 bits per heavy atom. The van der Waals surface area contributed by atoms with Gasteiger partial charge in [0.05, 0.1) is 22.8 Å². The first kappa shape index (κ1) is 22.1. The van der Waals surface area contributed by atoms with Crippen molar-refractivity contribution in [1.29, 1.82) is 0 Å².